The van der Waals surface area contributed by atoms with Gasteiger partial charge in [0.1, 0.15) is 0 Å². The first-order chi connectivity index (χ1) is 9.56. The van der Waals surface area contributed by atoms with E-state index in [1.54, 1.807) is 12.1 Å². The van der Waals surface area contributed by atoms with Crippen molar-refractivity contribution in [2.75, 3.05) is 0 Å². The van der Waals surface area contributed by atoms with Gasteiger partial charge in [-0.1, -0.05) is 12.1 Å². The lowest BCUT2D eigenvalue weighted by Crippen LogP contribution is -2.25. The number of ether oxygens (including phenoxy) is 1. The van der Waals surface area contributed by atoms with E-state index in [4.69, 9.17) is 9.84 Å². The molecule has 108 valence electrons. The maximum Gasteiger partial charge on any atom is 0.306 e. The summed E-state index contributed by atoms with van der Waals surface area (Å²) in [5.74, 6) is -0.991. The number of non-ortho nitro benzene ring substituents is 1. The van der Waals surface area contributed by atoms with Crippen molar-refractivity contribution in [3.05, 3.63) is 39.9 Å². The lowest BCUT2D eigenvalue weighted by molar-refractivity contribution is -0.385. The molecule has 6 heteroatoms. The van der Waals surface area contributed by atoms with Crippen molar-refractivity contribution in [1.29, 1.82) is 0 Å². The normalized spacial score (nSPS) is 22.4. The minimum absolute atomic E-state index is 0.0462. The van der Waals surface area contributed by atoms with E-state index in [1.807, 2.05) is 0 Å². The molecule has 0 aromatic heterocycles. The van der Waals surface area contributed by atoms with Crippen LogP contribution in [0.5, 0.6) is 0 Å². The summed E-state index contributed by atoms with van der Waals surface area (Å²) >= 11 is 0. The van der Waals surface area contributed by atoms with E-state index in [0.29, 0.717) is 19.4 Å². The molecular weight excluding hydrogens is 262 g/mol. The molecule has 0 bridgehead atoms. The molecule has 1 N–H and O–H groups in total. The third-order valence-electron chi connectivity index (χ3n) is 3.63. The summed E-state index contributed by atoms with van der Waals surface area (Å²) in [7, 11) is 0. The molecule has 6 nitrogen and oxygen atoms in total. The summed E-state index contributed by atoms with van der Waals surface area (Å²) in [6.07, 6.45) is 2.77. The Morgan fingerprint density at radius 1 is 1.35 bits per heavy atom. The molecule has 1 aliphatic rings. The number of carbonyl (C=O) groups is 1. The van der Waals surface area contributed by atoms with Gasteiger partial charge < -0.3 is 9.84 Å². The Morgan fingerprint density at radius 3 is 2.65 bits per heavy atom. The predicted molar refractivity (Wildman–Crippen MR) is 71.3 cm³/mol. The molecule has 1 aromatic carbocycles. The Balaban J connectivity index is 1.83. The van der Waals surface area contributed by atoms with Crippen molar-refractivity contribution >= 4 is 11.7 Å². The Kier molecular flexibility index (Phi) is 4.68. The first-order valence-electron chi connectivity index (χ1n) is 6.64. The largest absolute Gasteiger partial charge is 0.481 e. The van der Waals surface area contributed by atoms with E-state index in [1.165, 1.54) is 12.1 Å². The third-order valence-corrected chi connectivity index (χ3v) is 3.63. The maximum atomic E-state index is 10.8. The van der Waals surface area contributed by atoms with E-state index in [2.05, 4.69) is 0 Å². The van der Waals surface area contributed by atoms with Crippen molar-refractivity contribution in [2.24, 2.45) is 5.92 Å². The fraction of sp³-hybridized carbons (Fsp3) is 0.500. The van der Waals surface area contributed by atoms with Gasteiger partial charge in [0.05, 0.1) is 23.6 Å². The van der Waals surface area contributed by atoms with Gasteiger partial charge in [0, 0.05) is 12.1 Å². The molecule has 20 heavy (non-hydrogen) atoms. The van der Waals surface area contributed by atoms with Crippen LogP contribution < -0.4 is 0 Å². The van der Waals surface area contributed by atoms with Crippen molar-refractivity contribution in [2.45, 2.75) is 38.4 Å². The molecule has 0 radical (unpaired) electrons. The summed E-state index contributed by atoms with van der Waals surface area (Å²) in [5, 5.41) is 19.6. The van der Waals surface area contributed by atoms with E-state index in [-0.39, 0.29) is 17.7 Å². The van der Waals surface area contributed by atoms with Crippen LogP contribution in [0.25, 0.3) is 0 Å². The first kappa shape index (κ1) is 14.5. The van der Waals surface area contributed by atoms with E-state index in [0.717, 1.165) is 18.4 Å². The van der Waals surface area contributed by atoms with Crippen LogP contribution in [0.15, 0.2) is 24.3 Å². The van der Waals surface area contributed by atoms with Gasteiger partial charge in [-0.15, -0.1) is 0 Å². The van der Waals surface area contributed by atoms with Crippen LogP contribution in [0.3, 0.4) is 0 Å². The lowest BCUT2D eigenvalue weighted by atomic mass is 9.87. The summed E-state index contributed by atoms with van der Waals surface area (Å²) < 4.78 is 5.72. The van der Waals surface area contributed by atoms with Gasteiger partial charge in [-0.3, -0.25) is 14.9 Å². The molecule has 1 aliphatic carbocycles. The van der Waals surface area contributed by atoms with Gasteiger partial charge in [-0.2, -0.15) is 0 Å². The predicted octanol–water partition coefficient (Wildman–Crippen LogP) is 2.75. The first-order valence-corrected chi connectivity index (χ1v) is 6.64. The van der Waals surface area contributed by atoms with Crippen LogP contribution in [0.2, 0.25) is 0 Å². The summed E-state index contributed by atoms with van der Waals surface area (Å²) in [4.78, 5) is 21.1. The van der Waals surface area contributed by atoms with Gasteiger partial charge in [0.15, 0.2) is 0 Å². The number of carboxylic acid groups (broad SMARTS) is 1. The number of hydrogen-bond acceptors (Lipinski definition) is 4. The second-order valence-electron chi connectivity index (χ2n) is 5.05. The standard InChI is InChI=1S/C14H17NO5/c16-14(17)11-4-6-13(7-5-11)20-9-10-2-1-3-12(8-10)15(18)19/h1-3,8,11,13H,4-7,9H2,(H,16,17). The van der Waals surface area contributed by atoms with Crippen LogP contribution in [-0.2, 0) is 16.1 Å². The quantitative estimate of drug-likeness (QED) is 0.661. The Morgan fingerprint density at radius 2 is 2.05 bits per heavy atom. The molecule has 1 aromatic rings. The van der Waals surface area contributed by atoms with Crippen molar-refractivity contribution in [3.63, 3.8) is 0 Å². The molecule has 0 unspecified atom stereocenters. The van der Waals surface area contributed by atoms with Crippen molar-refractivity contribution in [1.82, 2.24) is 0 Å². The van der Waals surface area contributed by atoms with Gasteiger partial charge in [0.25, 0.3) is 5.69 Å². The van der Waals surface area contributed by atoms with Crippen LogP contribution in [0.4, 0.5) is 5.69 Å². The number of carboxylic acids is 1. The van der Waals surface area contributed by atoms with Crippen molar-refractivity contribution in [3.8, 4) is 0 Å². The Labute approximate surface area is 116 Å². The monoisotopic (exact) mass is 279 g/mol. The summed E-state index contributed by atoms with van der Waals surface area (Å²) in [6, 6.07) is 6.37. The number of nitro benzene ring substituents is 1. The number of benzene rings is 1. The summed E-state index contributed by atoms with van der Waals surface area (Å²) in [6.45, 7) is 0.323. The third kappa shape index (κ3) is 3.77. The number of rotatable bonds is 5. The lowest BCUT2D eigenvalue weighted by Gasteiger charge is -2.26. The van der Waals surface area contributed by atoms with Crippen molar-refractivity contribution < 1.29 is 19.6 Å². The average Bonchev–Trinajstić information content (AvgIpc) is 2.46. The molecular formula is C14H17NO5. The summed E-state index contributed by atoms with van der Waals surface area (Å²) in [5.41, 5.74) is 0.820. The molecule has 0 atom stereocenters. The van der Waals surface area contributed by atoms with E-state index < -0.39 is 10.9 Å². The minimum Gasteiger partial charge on any atom is -0.481 e. The highest BCUT2D eigenvalue weighted by molar-refractivity contribution is 5.70. The molecule has 0 amide bonds. The number of nitrogens with zero attached hydrogens (tertiary/aromatic N) is 1. The topological polar surface area (TPSA) is 89.7 Å². The minimum atomic E-state index is -0.734. The second-order valence-corrected chi connectivity index (χ2v) is 5.05. The number of aliphatic carboxylic acids is 1. The zero-order valence-electron chi connectivity index (χ0n) is 11.0. The smallest absolute Gasteiger partial charge is 0.306 e. The van der Waals surface area contributed by atoms with Gasteiger partial charge in [-0.25, -0.2) is 0 Å². The van der Waals surface area contributed by atoms with Crippen LogP contribution in [-0.4, -0.2) is 22.1 Å². The van der Waals surface area contributed by atoms with Gasteiger partial charge in [-0.05, 0) is 31.2 Å². The fourth-order valence-corrected chi connectivity index (χ4v) is 2.45. The number of hydrogen-bond donors (Lipinski definition) is 1. The SMILES string of the molecule is O=C(O)C1CCC(OCc2cccc([N+](=O)[O-])c2)CC1. The molecule has 1 saturated carbocycles. The maximum absolute atomic E-state index is 10.8. The van der Waals surface area contributed by atoms with E-state index >= 15 is 0 Å². The molecule has 0 aliphatic heterocycles. The van der Waals surface area contributed by atoms with Crippen LogP contribution in [0.1, 0.15) is 31.2 Å². The Bertz CT molecular complexity index is 494. The van der Waals surface area contributed by atoms with Crippen LogP contribution in [0, 0.1) is 16.0 Å². The Hall–Kier alpha value is -1.95. The average molecular weight is 279 g/mol. The molecule has 0 spiro atoms. The van der Waals surface area contributed by atoms with Gasteiger partial charge in [0.2, 0.25) is 0 Å². The zero-order valence-corrected chi connectivity index (χ0v) is 11.0. The molecule has 0 heterocycles. The highest BCUT2D eigenvalue weighted by Gasteiger charge is 2.26. The molecule has 0 saturated heterocycles. The highest BCUT2D eigenvalue weighted by Crippen LogP contribution is 2.27. The zero-order chi connectivity index (χ0) is 14.5. The van der Waals surface area contributed by atoms with Crippen LogP contribution >= 0.6 is 0 Å². The molecule has 2 rings (SSSR count). The molecule has 1 fully saturated rings. The number of nitro groups is 1. The highest BCUT2D eigenvalue weighted by atomic mass is 16.6. The van der Waals surface area contributed by atoms with Gasteiger partial charge >= 0.3 is 5.97 Å². The van der Waals surface area contributed by atoms with E-state index in [9.17, 15) is 14.9 Å². The second kappa shape index (κ2) is 6.47. The fourth-order valence-electron chi connectivity index (χ4n) is 2.45.